The molecular weight excluding hydrogens is 853 g/mol. The van der Waals surface area contributed by atoms with Crippen LogP contribution in [0.15, 0.2) is 56.9 Å². The van der Waals surface area contributed by atoms with E-state index in [9.17, 15) is 27.2 Å². The summed E-state index contributed by atoms with van der Waals surface area (Å²) in [5, 5.41) is 0. The number of amidine groups is 1. The normalized spacial score (nSPS) is 32.6. The molecule has 2 aromatic rings. The van der Waals surface area contributed by atoms with Crippen molar-refractivity contribution in [2.75, 3.05) is 14.1 Å². The summed E-state index contributed by atoms with van der Waals surface area (Å²) < 4.78 is 60.6. The molecule has 15 heteroatoms. The van der Waals surface area contributed by atoms with Crippen LogP contribution in [0.2, 0.25) is 0 Å². The first-order chi connectivity index (χ1) is 24.2. The maximum Gasteiger partial charge on any atom is 0.345 e. The maximum atomic E-state index is 13.4. The summed E-state index contributed by atoms with van der Waals surface area (Å²) in [5.74, 6) is 0.781. The van der Waals surface area contributed by atoms with E-state index >= 15 is 0 Å². The van der Waals surface area contributed by atoms with Crippen LogP contribution in [0, 0.1) is 18.3 Å². The Balaban J connectivity index is 0.000000197. The van der Waals surface area contributed by atoms with Gasteiger partial charge in [0.05, 0.1) is 12.2 Å². The molecule has 2 atom stereocenters. The number of amides is 2. The molecule has 292 valence electrons. The second kappa shape index (κ2) is 15.1. The SMILES string of the molecule is CC1=NC2(C(=O)N1C)c1cc(Br)ccc1CC21CCC(OC(F)F)CC1.CN1C(=O)C2(N=C1N)c1ccccc1CC21CCC(OC(F)F)CC1.[CH3-].[Pd]. The molecule has 2 unspecified atom stereocenters. The summed E-state index contributed by atoms with van der Waals surface area (Å²) >= 11 is 3.52. The van der Waals surface area contributed by atoms with Crippen LogP contribution in [0.25, 0.3) is 0 Å². The molecule has 2 aliphatic heterocycles. The fraction of sp³-hybridized carbons (Fsp3) is 0.553. The van der Waals surface area contributed by atoms with Gasteiger partial charge >= 0.3 is 13.2 Å². The number of halogens is 5. The average molecular weight is 898 g/mol. The zero-order chi connectivity index (χ0) is 36.5. The molecule has 0 radical (unpaired) electrons. The second-order valence-electron chi connectivity index (χ2n) is 14.8. The summed E-state index contributed by atoms with van der Waals surface area (Å²) in [5.41, 5.74) is 7.30. The first-order valence-corrected chi connectivity index (χ1v) is 18.2. The van der Waals surface area contributed by atoms with E-state index in [1.54, 1.807) is 19.0 Å². The standard InChI is InChI=1S/C19H21BrF2N2O2.C18H21F2N3O2.CH3.Pd/c1-11-23-19(16(25)24(11)2)15-9-13(20)4-3-12(15)10-18(19)7-5-14(6-8-18)26-17(21)22;1-23-14(24)18(22-16(23)21)13-5-3-2-4-11(13)10-17(18)8-6-12(7-9-17)25-15(19)20;;/h3-4,9,14,17H,5-8,10H2,1-2H3;2-5,12,15H,6-10H2,1H3,(H2,21,22);1H3;/q;;-1;. The number of aliphatic imine (C=N–C) groups is 2. The molecule has 2 N–H and O–H groups in total. The number of likely N-dealkylation sites (N-methyl/N-ethyl adjacent to an activating group) is 2. The summed E-state index contributed by atoms with van der Waals surface area (Å²) in [6, 6.07) is 13.9. The average Bonchev–Trinajstić information content (AvgIpc) is 3.69. The summed E-state index contributed by atoms with van der Waals surface area (Å²) in [6.07, 6.45) is 5.06. The number of hydrogen-bond donors (Lipinski definition) is 1. The van der Waals surface area contributed by atoms with Crippen LogP contribution in [-0.2, 0) is 63.4 Å². The van der Waals surface area contributed by atoms with Crippen LogP contribution in [0.4, 0.5) is 17.6 Å². The molecule has 0 saturated heterocycles. The minimum Gasteiger partial charge on any atom is -0.369 e. The van der Waals surface area contributed by atoms with Crippen molar-refractivity contribution >= 4 is 39.5 Å². The minimum absolute atomic E-state index is 0. The van der Waals surface area contributed by atoms with E-state index in [-0.39, 0.29) is 51.0 Å². The van der Waals surface area contributed by atoms with Gasteiger partial charge in [0, 0.05) is 49.8 Å². The first kappa shape index (κ1) is 41.5. The second-order valence-corrected chi connectivity index (χ2v) is 15.8. The van der Waals surface area contributed by atoms with Gasteiger partial charge in [-0.2, -0.15) is 17.6 Å². The molecule has 6 aliphatic rings. The van der Waals surface area contributed by atoms with Crippen molar-refractivity contribution in [3.05, 3.63) is 76.6 Å². The molecule has 53 heavy (non-hydrogen) atoms. The molecule has 4 spiro atoms. The van der Waals surface area contributed by atoms with Gasteiger partial charge in [0.15, 0.2) is 17.0 Å². The molecular formula is C38H45BrF4N5O4Pd-. The molecule has 4 aliphatic carbocycles. The Labute approximate surface area is 329 Å². The van der Waals surface area contributed by atoms with Gasteiger partial charge < -0.3 is 27.5 Å². The molecule has 2 amide bonds. The number of benzene rings is 2. The maximum absolute atomic E-state index is 13.4. The van der Waals surface area contributed by atoms with Gasteiger partial charge in [0.25, 0.3) is 11.8 Å². The van der Waals surface area contributed by atoms with Crippen molar-refractivity contribution in [3.8, 4) is 0 Å². The molecule has 9 nitrogen and oxygen atoms in total. The van der Waals surface area contributed by atoms with Crippen LogP contribution in [-0.4, -0.2) is 72.9 Å². The summed E-state index contributed by atoms with van der Waals surface area (Å²) in [4.78, 5) is 39.2. The van der Waals surface area contributed by atoms with E-state index < -0.39 is 41.9 Å². The Morgan fingerprint density at radius 3 is 1.70 bits per heavy atom. The Morgan fingerprint density at radius 1 is 0.774 bits per heavy atom. The molecule has 0 bridgehead atoms. The number of alkyl halides is 4. The fourth-order valence-electron chi connectivity index (χ4n) is 9.99. The van der Waals surface area contributed by atoms with E-state index in [1.165, 1.54) is 4.90 Å². The van der Waals surface area contributed by atoms with E-state index in [1.807, 2.05) is 49.4 Å². The van der Waals surface area contributed by atoms with E-state index in [4.69, 9.17) is 20.2 Å². The third-order valence-corrected chi connectivity index (χ3v) is 13.0. The van der Waals surface area contributed by atoms with Crippen molar-refractivity contribution < 1.29 is 57.0 Å². The summed E-state index contributed by atoms with van der Waals surface area (Å²) in [6.45, 7) is -3.66. The first-order valence-electron chi connectivity index (χ1n) is 17.4. The van der Waals surface area contributed by atoms with Gasteiger partial charge in [0.2, 0.25) is 0 Å². The Morgan fingerprint density at radius 2 is 1.25 bits per heavy atom. The molecule has 2 heterocycles. The largest absolute Gasteiger partial charge is 0.369 e. The number of nitrogens with two attached hydrogens (primary N) is 1. The zero-order valence-electron chi connectivity index (χ0n) is 30.1. The topological polar surface area (TPSA) is 110 Å². The van der Waals surface area contributed by atoms with Gasteiger partial charge in [-0.1, -0.05) is 46.3 Å². The van der Waals surface area contributed by atoms with Crippen molar-refractivity contribution in [2.45, 2.75) is 108 Å². The van der Waals surface area contributed by atoms with Crippen molar-refractivity contribution in [3.63, 3.8) is 0 Å². The van der Waals surface area contributed by atoms with Crippen LogP contribution < -0.4 is 5.73 Å². The van der Waals surface area contributed by atoms with Crippen LogP contribution in [0.1, 0.15) is 80.5 Å². The number of hydrogen-bond acceptors (Lipinski definition) is 7. The van der Waals surface area contributed by atoms with Crippen LogP contribution in [0.3, 0.4) is 0 Å². The minimum atomic E-state index is -2.76. The Bertz CT molecular complexity index is 1800. The van der Waals surface area contributed by atoms with Gasteiger partial charge in [-0.05, 0) is 106 Å². The van der Waals surface area contributed by atoms with Crippen molar-refractivity contribution in [1.82, 2.24) is 9.80 Å². The van der Waals surface area contributed by atoms with Gasteiger partial charge in [-0.15, -0.1) is 0 Å². The number of ether oxygens (including phenoxy) is 2. The van der Waals surface area contributed by atoms with Gasteiger partial charge in [-0.25, -0.2) is 4.99 Å². The molecule has 2 aromatic carbocycles. The Kier molecular flexibility index (Phi) is 11.8. The molecule has 0 aromatic heterocycles. The van der Waals surface area contributed by atoms with E-state index in [2.05, 4.69) is 20.9 Å². The molecule has 8 rings (SSSR count). The van der Waals surface area contributed by atoms with Crippen LogP contribution >= 0.6 is 15.9 Å². The number of nitrogens with zero attached hydrogens (tertiary/aromatic N) is 4. The summed E-state index contributed by atoms with van der Waals surface area (Å²) in [7, 11) is 3.39. The smallest absolute Gasteiger partial charge is 0.345 e. The Hall–Kier alpha value is -2.70. The van der Waals surface area contributed by atoms with Crippen molar-refractivity contribution in [2.24, 2.45) is 26.5 Å². The quantitative estimate of drug-likeness (QED) is 0.200. The predicted octanol–water partition coefficient (Wildman–Crippen LogP) is 7.10. The molecule has 2 saturated carbocycles. The number of carbonyl (C=O) groups excluding carboxylic acids is 2. The number of fused-ring (bicyclic) bond motifs is 6. The third kappa shape index (κ3) is 6.40. The van der Waals surface area contributed by atoms with Crippen LogP contribution in [0.5, 0.6) is 0 Å². The van der Waals surface area contributed by atoms with Crippen molar-refractivity contribution in [1.29, 1.82) is 0 Å². The number of guanidine groups is 1. The third-order valence-electron chi connectivity index (χ3n) is 12.5. The number of carbonyl (C=O) groups is 2. The fourth-order valence-corrected chi connectivity index (χ4v) is 10.4. The zero-order valence-corrected chi connectivity index (χ0v) is 33.3. The predicted molar refractivity (Wildman–Crippen MR) is 192 cm³/mol. The molecule has 2 fully saturated rings. The number of rotatable bonds is 4. The van der Waals surface area contributed by atoms with Gasteiger partial charge in [-0.3, -0.25) is 19.5 Å². The monoisotopic (exact) mass is 896 g/mol. The van der Waals surface area contributed by atoms with Gasteiger partial charge in [0.1, 0.15) is 5.84 Å². The van der Waals surface area contributed by atoms with E-state index in [0.29, 0.717) is 63.6 Å². The van der Waals surface area contributed by atoms with E-state index in [0.717, 1.165) is 33.1 Å².